The zero-order valence-electron chi connectivity index (χ0n) is 12.8. The first-order valence-electron chi connectivity index (χ1n) is 7.71. The van der Waals surface area contributed by atoms with Crippen molar-refractivity contribution < 1.29 is 9.59 Å². The summed E-state index contributed by atoms with van der Waals surface area (Å²) in [6.45, 7) is 5.33. The van der Waals surface area contributed by atoms with E-state index in [0.717, 1.165) is 25.7 Å². The van der Waals surface area contributed by atoms with E-state index in [2.05, 4.69) is 10.6 Å². The lowest BCUT2D eigenvalue weighted by Crippen LogP contribution is -2.42. The third kappa shape index (κ3) is 5.90. The minimum atomic E-state index is -0.127. The molecule has 1 rings (SSSR count). The Labute approximate surface area is 122 Å². The van der Waals surface area contributed by atoms with E-state index in [9.17, 15) is 9.59 Å². The topological polar surface area (TPSA) is 84.2 Å². The number of nitrogens with one attached hydrogen (secondary N) is 2. The normalized spacial score (nSPS) is 17.8. The highest BCUT2D eigenvalue weighted by atomic mass is 16.2. The molecule has 1 fully saturated rings. The number of amides is 2. The smallest absolute Gasteiger partial charge is 0.239 e. The Bertz CT molecular complexity index is 323. The Hall–Kier alpha value is -1.10. The lowest BCUT2D eigenvalue weighted by Gasteiger charge is -2.35. The van der Waals surface area contributed by atoms with Crippen molar-refractivity contribution in [2.75, 3.05) is 19.6 Å². The van der Waals surface area contributed by atoms with E-state index in [1.54, 1.807) is 0 Å². The molecule has 5 heteroatoms. The highest BCUT2D eigenvalue weighted by molar-refractivity contribution is 5.84. The van der Waals surface area contributed by atoms with Crippen molar-refractivity contribution in [1.29, 1.82) is 0 Å². The Morgan fingerprint density at radius 3 is 2.30 bits per heavy atom. The SMILES string of the molecule is CC(C)CNC(=O)CNC(=O)CC1(CN)CCCCC1. The summed E-state index contributed by atoms with van der Waals surface area (Å²) in [5.74, 6) is 0.229. The largest absolute Gasteiger partial charge is 0.354 e. The fourth-order valence-electron chi connectivity index (χ4n) is 2.72. The van der Waals surface area contributed by atoms with E-state index in [4.69, 9.17) is 5.73 Å². The highest BCUT2D eigenvalue weighted by Gasteiger charge is 2.32. The van der Waals surface area contributed by atoms with Crippen molar-refractivity contribution in [2.24, 2.45) is 17.1 Å². The average molecular weight is 283 g/mol. The molecule has 1 saturated carbocycles. The van der Waals surface area contributed by atoms with Crippen LogP contribution in [0.4, 0.5) is 0 Å². The Morgan fingerprint density at radius 2 is 1.75 bits per heavy atom. The molecular weight excluding hydrogens is 254 g/mol. The van der Waals surface area contributed by atoms with Gasteiger partial charge >= 0.3 is 0 Å². The number of carbonyl (C=O) groups is 2. The quantitative estimate of drug-likeness (QED) is 0.656. The minimum Gasteiger partial charge on any atom is -0.354 e. The van der Waals surface area contributed by atoms with Crippen molar-refractivity contribution in [2.45, 2.75) is 52.4 Å². The van der Waals surface area contributed by atoms with Crippen LogP contribution < -0.4 is 16.4 Å². The first kappa shape index (κ1) is 17.0. The van der Waals surface area contributed by atoms with Gasteiger partial charge in [-0.25, -0.2) is 0 Å². The molecule has 0 unspecified atom stereocenters. The van der Waals surface area contributed by atoms with Gasteiger partial charge in [0.25, 0.3) is 0 Å². The summed E-state index contributed by atoms with van der Waals surface area (Å²) in [7, 11) is 0. The molecule has 5 nitrogen and oxygen atoms in total. The van der Waals surface area contributed by atoms with Gasteiger partial charge < -0.3 is 16.4 Å². The van der Waals surface area contributed by atoms with Crippen LogP contribution in [0.1, 0.15) is 52.4 Å². The molecule has 0 aliphatic heterocycles. The number of carbonyl (C=O) groups excluding carboxylic acids is 2. The first-order valence-corrected chi connectivity index (χ1v) is 7.71. The lowest BCUT2D eigenvalue weighted by molar-refractivity contribution is -0.127. The standard InChI is InChI=1S/C15H29N3O2/c1-12(2)9-17-14(20)10-18-13(19)8-15(11-16)6-4-3-5-7-15/h12H,3-11,16H2,1-2H3,(H,17,20)(H,18,19). The summed E-state index contributed by atoms with van der Waals surface area (Å²) in [6.07, 6.45) is 6.04. The number of rotatable bonds is 7. The molecule has 0 saturated heterocycles. The van der Waals surface area contributed by atoms with Gasteiger partial charge in [0.2, 0.25) is 11.8 Å². The second-order valence-corrected chi connectivity index (χ2v) is 6.42. The van der Waals surface area contributed by atoms with Gasteiger partial charge in [0.05, 0.1) is 6.54 Å². The molecule has 0 heterocycles. The monoisotopic (exact) mass is 283 g/mol. The van der Waals surface area contributed by atoms with Gasteiger partial charge in [-0.05, 0) is 30.7 Å². The molecule has 1 aliphatic carbocycles. The van der Waals surface area contributed by atoms with Gasteiger partial charge in [-0.15, -0.1) is 0 Å². The predicted molar refractivity (Wildman–Crippen MR) is 80.0 cm³/mol. The van der Waals surface area contributed by atoms with Crippen molar-refractivity contribution in [3.8, 4) is 0 Å². The number of hydrogen-bond donors (Lipinski definition) is 3. The van der Waals surface area contributed by atoms with Gasteiger partial charge in [-0.2, -0.15) is 0 Å². The molecule has 0 atom stereocenters. The van der Waals surface area contributed by atoms with Crippen molar-refractivity contribution in [3.05, 3.63) is 0 Å². The third-order valence-corrected chi connectivity index (χ3v) is 4.04. The Morgan fingerprint density at radius 1 is 1.10 bits per heavy atom. The van der Waals surface area contributed by atoms with Gasteiger partial charge in [0, 0.05) is 13.0 Å². The maximum absolute atomic E-state index is 12.0. The molecule has 116 valence electrons. The molecule has 20 heavy (non-hydrogen) atoms. The van der Waals surface area contributed by atoms with Crippen molar-refractivity contribution in [3.63, 3.8) is 0 Å². The van der Waals surface area contributed by atoms with Crippen LogP contribution in [0.3, 0.4) is 0 Å². The van der Waals surface area contributed by atoms with Crippen LogP contribution >= 0.6 is 0 Å². The fourth-order valence-corrected chi connectivity index (χ4v) is 2.72. The molecule has 4 N–H and O–H groups in total. The van der Waals surface area contributed by atoms with E-state index in [1.165, 1.54) is 6.42 Å². The second-order valence-electron chi connectivity index (χ2n) is 6.42. The van der Waals surface area contributed by atoms with Crippen LogP contribution in [0, 0.1) is 11.3 Å². The third-order valence-electron chi connectivity index (χ3n) is 4.04. The van der Waals surface area contributed by atoms with Gasteiger partial charge in [0.1, 0.15) is 0 Å². The minimum absolute atomic E-state index is 0.0449. The van der Waals surface area contributed by atoms with Crippen LogP contribution in [-0.4, -0.2) is 31.4 Å². The summed E-state index contributed by atoms with van der Waals surface area (Å²) < 4.78 is 0. The van der Waals surface area contributed by atoms with Gasteiger partial charge in [0.15, 0.2) is 0 Å². The predicted octanol–water partition coefficient (Wildman–Crippen LogP) is 1.17. The molecule has 0 aromatic rings. The number of hydrogen-bond acceptors (Lipinski definition) is 3. The molecule has 0 bridgehead atoms. The zero-order valence-corrected chi connectivity index (χ0v) is 12.8. The van der Waals surface area contributed by atoms with Crippen molar-refractivity contribution >= 4 is 11.8 Å². The Kier molecular flexibility index (Phi) is 6.99. The Balaban J connectivity index is 2.30. The molecular formula is C15H29N3O2. The fraction of sp³-hybridized carbons (Fsp3) is 0.867. The van der Waals surface area contributed by atoms with Crippen molar-refractivity contribution in [1.82, 2.24) is 10.6 Å². The molecule has 0 spiro atoms. The first-order chi connectivity index (χ1) is 9.47. The lowest BCUT2D eigenvalue weighted by atomic mass is 9.71. The summed E-state index contributed by atoms with van der Waals surface area (Å²) in [5, 5.41) is 5.49. The van der Waals surface area contributed by atoms with Crippen LogP contribution in [0.25, 0.3) is 0 Å². The number of nitrogens with two attached hydrogens (primary N) is 1. The summed E-state index contributed by atoms with van der Waals surface area (Å²) in [6, 6.07) is 0. The van der Waals surface area contributed by atoms with E-state index in [1.807, 2.05) is 13.8 Å². The van der Waals surface area contributed by atoms with Gasteiger partial charge in [-0.1, -0.05) is 33.1 Å². The van der Waals surface area contributed by atoms with E-state index >= 15 is 0 Å². The molecule has 1 aliphatic rings. The molecule has 0 aromatic heterocycles. The maximum Gasteiger partial charge on any atom is 0.239 e. The second kappa shape index (κ2) is 8.25. The van der Waals surface area contributed by atoms with E-state index < -0.39 is 0 Å². The van der Waals surface area contributed by atoms with E-state index in [-0.39, 0.29) is 23.8 Å². The van der Waals surface area contributed by atoms with Crippen LogP contribution in [0.5, 0.6) is 0 Å². The molecule has 2 amide bonds. The van der Waals surface area contributed by atoms with E-state index in [0.29, 0.717) is 25.4 Å². The summed E-state index contributed by atoms with van der Waals surface area (Å²) in [4.78, 5) is 23.5. The zero-order chi connectivity index (χ0) is 15.0. The molecule has 0 radical (unpaired) electrons. The average Bonchev–Trinajstić information content (AvgIpc) is 2.44. The highest BCUT2D eigenvalue weighted by Crippen LogP contribution is 2.38. The molecule has 0 aromatic carbocycles. The van der Waals surface area contributed by atoms with Gasteiger partial charge in [-0.3, -0.25) is 9.59 Å². The van der Waals surface area contributed by atoms with Crippen LogP contribution in [-0.2, 0) is 9.59 Å². The maximum atomic E-state index is 12.0. The summed E-state index contributed by atoms with van der Waals surface area (Å²) in [5.41, 5.74) is 5.82. The van der Waals surface area contributed by atoms with Crippen LogP contribution in [0.15, 0.2) is 0 Å². The van der Waals surface area contributed by atoms with Crippen LogP contribution in [0.2, 0.25) is 0 Å². The summed E-state index contributed by atoms with van der Waals surface area (Å²) >= 11 is 0.